The number of rotatable bonds is 3. The average Bonchev–Trinajstić information content (AvgIpc) is 3.44. The summed E-state index contributed by atoms with van der Waals surface area (Å²) in [7, 11) is 0. The maximum absolute atomic E-state index is 13.1. The molecular formula is C22H20N2O5S2. The number of likely N-dealkylation sites (tertiary alicyclic amines) is 1. The molecule has 3 heterocycles. The smallest absolute Gasteiger partial charge is 0.323 e. The third-order valence-electron chi connectivity index (χ3n) is 7.63. The van der Waals surface area contributed by atoms with Crippen molar-refractivity contribution >= 4 is 40.9 Å². The number of carboxylic acids is 1. The van der Waals surface area contributed by atoms with E-state index in [1.807, 2.05) is 12.1 Å². The number of carbonyl (C=O) groups is 3. The minimum absolute atomic E-state index is 0.00113. The normalized spacial score (nSPS) is 35.3. The Balaban J connectivity index is 1.47. The Labute approximate surface area is 185 Å². The molecule has 3 fully saturated rings. The lowest BCUT2D eigenvalue weighted by atomic mass is 9.67. The number of aromatic amines is 1. The SMILES string of the molecule is Cc1ccccc1[C@H]1c2sc(=O)[nH]c2S[C@@H]2[C@H]3C[C@@H]([C@@H]4C(=O)N(CC(=O)O)C(=O)[C@@H]34)[C@H]12. The lowest BCUT2D eigenvalue weighted by molar-refractivity contribution is -0.149. The Morgan fingerprint density at radius 2 is 1.87 bits per heavy atom. The fraction of sp³-hybridized carbons (Fsp3) is 0.455. The highest BCUT2D eigenvalue weighted by molar-refractivity contribution is 8.00. The van der Waals surface area contributed by atoms with Gasteiger partial charge in [-0.1, -0.05) is 35.6 Å². The van der Waals surface area contributed by atoms with Gasteiger partial charge in [0.15, 0.2) is 0 Å². The Morgan fingerprint density at radius 3 is 2.58 bits per heavy atom. The van der Waals surface area contributed by atoms with E-state index in [0.29, 0.717) is 0 Å². The lowest BCUT2D eigenvalue weighted by Gasteiger charge is -2.43. The maximum Gasteiger partial charge on any atom is 0.323 e. The van der Waals surface area contributed by atoms with Crippen LogP contribution in [0.5, 0.6) is 0 Å². The zero-order chi connectivity index (χ0) is 21.6. The first-order valence-corrected chi connectivity index (χ1v) is 12.1. The number of H-pyrrole nitrogens is 1. The van der Waals surface area contributed by atoms with Crippen LogP contribution in [0.15, 0.2) is 34.1 Å². The van der Waals surface area contributed by atoms with Crippen LogP contribution in [0.25, 0.3) is 0 Å². The molecule has 7 nitrogen and oxygen atoms in total. The van der Waals surface area contributed by atoms with Gasteiger partial charge in [0.25, 0.3) is 0 Å². The quantitative estimate of drug-likeness (QED) is 0.687. The number of aryl methyl sites for hydroxylation is 1. The highest BCUT2D eigenvalue weighted by Gasteiger charge is 2.69. The number of hydrogen-bond donors (Lipinski definition) is 2. The maximum atomic E-state index is 13.1. The van der Waals surface area contributed by atoms with Gasteiger partial charge in [-0.3, -0.25) is 24.1 Å². The molecule has 160 valence electrons. The molecule has 2 aliphatic carbocycles. The molecule has 6 rings (SSSR count). The van der Waals surface area contributed by atoms with Crippen LogP contribution < -0.4 is 4.87 Å². The summed E-state index contributed by atoms with van der Waals surface area (Å²) < 4.78 is 0. The summed E-state index contributed by atoms with van der Waals surface area (Å²) in [5, 5.41) is 10.2. The van der Waals surface area contributed by atoms with Crippen LogP contribution in [-0.4, -0.2) is 44.6 Å². The van der Waals surface area contributed by atoms with Crippen LogP contribution in [0.3, 0.4) is 0 Å². The summed E-state index contributed by atoms with van der Waals surface area (Å²) in [6.45, 7) is 1.50. The van der Waals surface area contributed by atoms with Gasteiger partial charge >= 0.3 is 10.8 Å². The first-order chi connectivity index (χ1) is 14.9. The largest absolute Gasteiger partial charge is 0.480 e. The summed E-state index contributed by atoms with van der Waals surface area (Å²) in [5.74, 6) is -2.54. The highest BCUT2D eigenvalue weighted by Crippen LogP contribution is 2.68. The molecule has 7 atom stereocenters. The average molecular weight is 457 g/mol. The van der Waals surface area contributed by atoms with Gasteiger partial charge in [-0.05, 0) is 42.2 Å². The molecule has 9 heteroatoms. The Morgan fingerprint density at radius 1 is 1.16 bits per heavy atom. The molecular weight excluding hydrogens is 436 g/mol. The van der Waals surface area contributed by atoms with Crippen LogP contribution in [0.2, 0.25) is 0 Å². The molecule has 4 aliphatic rings. The van der Waals surface area contributed by atoms with Gasteiger partial charge < -0.3 is 10.1 Å². The molecule has 2 aromatic rings. The minimum atomic E-state index is -1.17. The minimum Gasteiger partial charge on any atom is -0.480 e. The van der Waals surface area contributed by atoms with Crippen LogP contribution in [-0.2, 0) is 14.4 Å². The fourth-order valence-electron chi connectivity index (χ4n) is 6.65. The van der Waals surface area contributed by atoms with Crippen LogP contribution in [0.1, 0.15) is 28.3 Å². The summed E-state index contributed by atoms with van der Waals surface area (Å²) >= 11 is 2.88. The van der Waals surface area contributed by atoms with Crippen molar-refractivity contribution in [3.8, 4) is 0 Å². The van der Waals surface area contributed by atoms with E-state index in [1.165, 1.54) is 11.3 Å². The first-order valence-electron chi connectivity index (χ1n) is 10.4. The second-order valence-electron chi connectivity index (χ2n) is 8.97. The number of aliphatic carboxylic acids is 1. The molecule has 2 N–H and O–H groups in total. The number of aromatic nitrogens is 1. The fourth-order valence-corrected chi connectivity index (χ4v) is 9.53. The predicted molar refractivity (Wildman–Crippen MR) is 114 cm³/mol. The number of fused-ring (bicyclic) bond motifs is 9. The second-order valence-corrected chi connectivity index (χ2v) is 11.2. The van der Waals surface area contributed by atoms with E-state index in [9.17, 15) is 24.3 Å². The molecule has 2 aliphatic heterocycles. The molecule has 0 radical (unpaired) electrons. The van der Waals surface area contributed by atoms with E-state index in [-0.39, 0.29) is 45.6 Å². The third-order valence-corrected chi connectivity index (χ3v) is 10.2. The molecule has 2 bridgehead atoms. The zero-order valence-electron chi connectivity index (χ0n) is 16.6. The third kappa shape index (κ3) is 2.53. The molecule has 1 aromatic carbocycles. The molecule has 31 heavy (non-hydrogen) atoms. The Bertz CT molecular complexity index is 1200. The lowest BCUT2D eigenvalue weighted by Crippen LogP contribution is -2.42. The summed E-state index contributed by atoms with van der Waals surface area (Å²) in [6, 6.07) is 8.16. The van der Waals surface area contributed by atoms with Crippen molar-refractivity contribution in [2.45, 2.75) is 29.5 Å². The monoisotopic (exact) mass is 456 g/mol. The summed E-state index contributed by atoms with van der Waals surface area (Å²) in [6.07, 6.45) is 0.803. The number of nitrogens with zero attached hydrogens (tertiary/aromatic N) is 1. The van der Waals surface area contributed by atoms with Crippen molar-refractivity contribution < 1.29 is 19.5 Å². The van der Waals surface area contributed by atoms with E-state index < -0.39 is 24.3 Å². The van der Waals surface area contributed by atoms with Crippen molar-refractivity contribution in [3.63, 3.8) is 0 Å². The van der Waals surface area contributed by atoms with Crippen molar-refractivity contribution in [2.75, 3.05) is 6.54 Å². The van der Waals surface area contributed by atoms with E-state index in [1.54, 1.807) is 11.8 Å². The van der Waals surface area contributed by atoms with Crippen LogP contribution in [0, 0.1) is 36.5 Å². The van der Waals surface area contributed by atoms with Gasteiger partial charge in [0.2, 0.25) is 11.8 Å². The van der Waals surface area contributed by atoms with E-state index >= 15 is 0 Å². The number of carboxylic acid groups (broad SMARTS) is 1. The van der Waals surface area contributed by atoms with E-state index in [0.717, 1.165) is 32.4 Å². The number of carbonyl (C=O) groups excluding carboxylic acids is 2. The number of thiazole rings is 1. The molecule has 0 unspecified atom stereocenters. The molecule has 2 amide bonds. The predicted octanol–water partition coefficient (Wildman–Crippen LogP) is 2.30. The number of imide groups is 1. The number of hydrogen-bond acceptors (Lipinski definition) is 6. The summed E-state index contributed by atoms with van der Waals surface area (Å²) in [4.78, 5) is 54.5. The van der Waals surface area contributed by atoms with Crippen LogP contribution >= 0.6 is 23.1 Å². The van der Waals surface area contributed by atoms with Gasteiger partial charge in [-0.2, -0.15) is 0 Å². The van der Waals surface area contributed by atoms with Crippen molar-refractivity contribution in [1.82, 2.24) is 9.88 Å². The highest BCUT2D eigenvalue weighted by atomic mass is 32.2. The van der Waals surface area contributed by atoms with E-state index in [4.69, 9.17) is 0 Å². The number of thioether (sulfide) groups is 1. The molecule has 2 saturated carbocycles. The first kappa shape index (κ1) is 19.3. The summed E-state index contributed by atoms with van der Waals surface area (Å²) in [5.41, 5.74) is 2.31. The van der Waals surface area contributed by atoms with E-state index in [2.05, 4.69) is 24.0 Å². The molecule has 1 saturated heterocycles. The Kier molecular flexibility index (Phi) is 4.08. The van der Waals surface area contributed by atoms with Gasteiger partial charge in [0.1, 0.15) is 6.54 Å². The number of nitrogens with one attached hydrogen (secondary N) is 1. The van der Waals surface area contributed by atoms with Crippen molar-refractivity contribution in [2.24, 2.45) is 29.6 Å². The van der Waals surface area contributed by atoms with Gasteiger partial charge in [-0.25, -0.2) is 0 Å². The Hall–Kier alpha value is -2.39. The van der Waals surface area contributed by atoms with Crippen molar-refractivity contribution in [3.05, 3.63) is 49.9 Å². The number of benzene rings is 1. The zero-order valence-corrected chi connectivity index (χ0v) is 18.2. The molecule has 1 aromatic heterocycles. The van der Waals surface area contributed by atoms with Crippen LogP contribution in [0.4, 0.5) is 0 Å². The topological polar surface area (TPSA) is 108 Å². The van der Waals surface area contributed by atoms with Gasteiger partial charge in [0.05, 0.1) is 16.9 Å². The van der Waals surface area contributed by atoms with Gasteiger partial charge in [-0.15, -0.1) is 11.8 Å². The standard InChI is InChI=1S/C22H20N2O5S2/c1-8-4-2-3-5-9(8)13-14-10-6-11(17(14)30-19-18(13)31-22(29)23-19)16-15(10)20(27)24(21(16)28)7-12(25)26/h2-5,10-11,13-17H,6-7H2,1H3,(H,23,29)(H,25,26)/t10-,11+,13-,14-,15+,16+,17-/m1/s1. The molecule has 0 spiro atoms. The van der Waals surface area contributed by atoms with Crippen molar-refractivity contribution in [1.29, 1.82) is 0 Å². The second kappa shape index (κ2) is 6.56. The van der Waals surface area contributed by atoms with Gasteiger partial charge in [0, 0.05) is 16.0 Å². The number of amides is 2.